The Bertz CT molecular complexity index is 599. The fraction of sp³-hybridized carbons (Fsp3) is 0.308. The molecule has 0 radical (unpaired) electrons. The largest absolute Gasteiger partial charge is 0.481 e. The van der Waals surface area contributed by atoms with Crippen LogP contribution in [-0.4, -0.2) is 39.2 Å². The smallest absolute Gasteiger partial charge is 0.416 e. The first-order chi connectivity index (χ1) is 10.5. The summed E-state index contributed by atoms with van der Waals surface area (Å²) in [6, 6.07) is 1.25. The van der Waals surface area contributed by atoms with Crippen LogP contribution in [-0.2, 0) is 20.6 Å². The number of nitrogens with one attached hydrogen (secondary N) is 1. The second-order valence-electron chi connectivity index (χ2n) is 4.52. The summed E-state index contributed by atoms with van der Waals surface area (Å²) in [5.74, 6) is -4.35. The van der Waals surface area contributed by atoms with E-state index in [1.165, 1.54) is 0 Å². The summed E-state index contributed by atoms with van der Waals surface area (Å²) in [5, 5.41) is 28.8. The van der Waals surface area contributed by atoms with Crippen molar-refractivity contribution >= 4 is 17.8 Å². The van der Waals surface area contributed by atoms with Gasteiger partial charge in [0.15, 0.2) is 6.10 Å². The Balaban J connectivity index is 2.83. The van der Waals surface area contributed by atoms with Crippen molar-refractivity contribution in [2.24, 2.45) is 0 Å². The normalized spacial score (nSPS) is 13.9. The number of aliphatic hydroxyl groups is 1. The zero-order valence-corrected chi connectivity index (χ0v) is 11.4. The number of carbonyl (C=O) groups excluding carboxylic acids is 1. The van der Waals surface area contributed by atoms with Gasteiger partial charge >= 0.3 is 18.1 Å². The lowest BCUT2D eigenvalue weighted by atomic mass is 10.1. The van der Waals surface area contributed by atoms with Gasteiger partial charge in [0, 0.05) is 0 Å². The van der Waals surface area contributed by atoms with Crippen LogP contribution in [0.2, 0.25) is 0 Å². The van der Waals surface area contributed by atoms with Gasteiger partial charge in [0.05, 0.1) is 12.0 Å². The topological polar surface area (TPSA) is 124 Å². The van der Waals surface area contributed by atoms with E-state index in [9.17, 15) is 32.7 Å². The lowest BCUT2D eigenvalue weighted by molar-refractivity contribution is -0.148. The summed E-state index contributed by atoms with van der Waals surface area (Å²) in [5.41, 5.74) is -1.18. The van der Waals surface area contributed by atoms with Gasteiger partial charge in [0.1, 0.15) is 6.04 Å². The molecule has 0 fully saturated rings. The fourth-order valence-corrected chi connectivity index (χ4v) is 1.63. The maximum Gasteiger partial charge on any atom is 0.416 e. The number of hydrogen-bond acceptors (Lipinski definition) is 4. The minimum atomic E-state index is -4.58. The number of rotatable bonds is 6. The first kappa shape index (κ1) is 18.4. The highest BCUT2D eigenvalue weighted by Gasteiger charge is 2.31. The molecule has 0 unspecified atom stereocenters. The van der Waals surface area contributed by atoms with Crippen LogP contribution in [0.1, 0.15) is 23.7 Å². The minimum Gasteiger partial charge on any atom is -0.481 e. The summed E-state index contributed by atoms with van der Waals surface area (Å²) in [6.07, 6.45) is -7.43. The molecule has 126 valence electrons. The molecule has 0 aliphatic carbocycles. The second-order valence-corrected chi connectivity index (χ2v) is 4.52. The first-order valence-electron chi connectivity index (χ1n) is 6.12. The van der Waals surface area contributed by atoms with E-state index in [-0.39, 0.29) is 5.56 Å². The molecule has 10 heteroatoms. The van der Waals surface area contributed by atoms with E-state index in [4.69, 9.17) is 10.2 Å². The van der Waals surface area contributed by atoms with Crippen LogP contribution < -0.4 is 5.32 Å². The van der Waals surface area contributed by atoms with Crippen molar-refractivity contribution in [1.82, 2.24) is 5.32 Å². The average Bonchev–Trinajstić information content (AvgIpc) is 2.44. The van der Waals surface area contributed by atoms with Crippen LogP contribution in [0.25, 0.3) is 0 Å². The van der Waals surface area contributed by atoms with E-state index < -0.39 is 48.2 Å². The average molecular weight is 335 g/mol. The zero-order valence-electron chi connectivity index (χ0n) is 11.4. The van der Waals surface area contributed by atoms with Gasteiger partial charge in [0.25, 0.3) is 5.91 Å². The molecule has 0 aromatic heterocycles. The molecule has 0 spiro atoms. The molecule has 2 atom stereocenters. The van der Waals surface area contributed by atoms with Crippen molar-refractivity contribution in [3.63, 3.8) is 0 Å². The van der Waals surface area contributed by atoms with Gasteiger partial charge in [-0.1, -0.05) is 12.1 Å². The Morgan fingerprint density at radius 2 is 1.61 bits per heavy atom. The molecule has 0 heterocycles. The van der Waals surface area contributed by atoms with E-state index >= 15 is 0 Å². The van der Waals surface area contributed by atoms with E-state index in [2.05, 4.69) is 0 Å². The number of hydrogen-bond donors (Lipinski definition) is 4. The molecular formula is C13H12F3NO6. The first-order valence-corrected chi connectivity index (χ1v) is 6.12. The number of carbonyl (C=O) groups is 3. The van der Waals surface area contributed by atoms with Crippen molar-refractivity contribution < 1.29 is 42.9 Å². The van der Waals surface area contributed by atoms with Crippen molar-refractivity contribution in [2.45, 2.75) is 24.7 Å². The number of benzene rings is 1. The van der Waals surface area contributed by atoms with Gasteiger partial charge in [-0.2, -0.15) is 13.2 Å². The molecule has 0 saturated carbocycles. The molecule has 0 aliphatic heterocycles. The van der Waals surface area contributed by atoms with Crippen molar-refractivity contribution in [1.29, 1.82) is 0 Å². The second kappa shape index (κ2) is 7.09. The van der Waals surface area contributed by atoms with Gasteiger partial charge < -0.3 is 20.6 Å². The molecule has 0 saturated heterocycles. The Hall–Kier alpha value is -2.62. The third-order valence-corrected chi connectivity index (χ3v) is 2.80. The molecule has 1 aromatic rings. The number of halogens is 3. The summed E-state index contributed by atoms with van der Waals surface area (Å²) >= 11 is 0. The number of alkyl halides is 3. The maximum atomic E-state index is 12.4. The zero-order chi connectivity index (χ0) is 17.8. The van der Waals surface area contributed by atoms with Gasteiger partial charge in [-0.25, -0.2) is 4.79 Å². The summed E-state index contributed by atoms with van der Waals surface area (Å²) < 4.78 is 37.2. The predicted molar refractivity (Wildman–Crippen MR) is 68.2 cm³/mol. The number of amides is 1. The third kappa shape index (κ3) is 5.25. The van der Waals surface area contributed by atoms with Crippen molar-refractivity contribution in [2.75, 3.05) is 0 Å². The highest BCUT2D eigenvalue weighted by atomic mass is 19.4. The minimum absolute atomic E-state index is 0.199. The molecule has 0 aliphatic rings. The van der Waals surface area contributed by atoms with E-state index in [1.54, 1.807) is 5.32 Å². The Labute approximate surface area is 127 Å². The number of carboxylic acid groups (broad SMARTS) is 2. The quantitative estimate of drug-likeness (QED) is 0.609. The van der Waals surface area contributed by atoms with E-state index in [0.29, 0.717) is 12.1 Å². The molecule has 0 bridgehead atoms. The third-order valence-electron chi connectivity index (χ3n) is 2.80. The molecule has 1 rings (SSSR count). The standard InChI is InChI=1S/C13H12F3NO6/c14-13(15,16)7-3-1-6(2-4-7)10(20)11(21)17-8(12(22)23)5-9(18)19/h1-4,8,10,20H,5H2,(H,17,21)(H,18,19)(H,22,23)/t8-,10+/m1/s1. The van der Waals surface area contributed by atoms with Crippen LogP contribution in [0, 0.1) is 0 Å². The highest BCUT2D eigenvalue weighted by molar-refractivity contribution is 5.89. The molecule has 1 amide bonds. The summed E-state index contributed by atoms with van der Waals surface area (Å²) in [6.45, 7) is 0. The van der Waals surface area contributed by atoms with Crippen LogP contribution in [0.5, 0.6) is 0 Å². The number of aliphatic carboxylic acids is 2. The Kier molecular flexibility index (Phi) is 5.68. The lowest BCUT2D eigenvalue weighted by Gasteiger charge is -2.16. The van der Waals surface area contributed by atoms with Gasteiger partial charge in [0.2, 0.25) is 0 Å². The summed E-state index contributed by atoms with van der Waals surface area (Å²) in [7, 11) is 0. The van der Waals surface area contributed by atoms with Gasteiger partial charge in [-0.3, -0.25) is 9.59 Å². The Morgan fingerprint density at radius 1 is 1.09 bits per heavy atom. The Morgan fingerprint density at radius 3 is 2.00 bits per heavy atom. The lowest BCUT2D eigenvalue weighted by Crippen LogP contribution is -2.44. The van der Waals surface area contributed by atoms with Crippen molar-refractivity contribution in [3.8, 4) is 0 Å². The summed E-state index contributed by atoms with van der Waals surface area (Å²) in [4.78, 5) is 33.0. The van der Waals surface area contributed by atoms with Crippen LogP contribution in [0.15, 0.2) is 24.3 Å². The maximum absolute atomic E-state index is 12.4. The van der Waals surface area contributed by atoms with Crippen LogP contribution in [0.4, 0.5) is 13.2 Å². The SMILES string of the molecule is O=C(O)C[C@@H](NC(=O)[C@@H](O)c1ccc(C(F)(F)F)cc1)C(=O)O. The molecule has 4 N–H and O–H groups in total. The predicted octanol–water partition coefficient (Wildman–Crippen LogP) is 0.783. The fourth-order valence-electron chi connectivity index (χ4n) is 1.63. The van der Waals surface area contributed by atoms with Gasteiger partial charge in [-0.15, -0.1) is 0 Å². The molecule has 7 nitrogen and oxygen atoms in total. The van der Waals surface area contributed by atoms with Crippen molar-refractivity contribution in [3.05, 3.63) is 35.4 Å². The number of carboxylic acids is 2. The molecule has 23 heavy (non-hydrogen) atoms. The van der Waals surface area contributed by atoms with Crippen LogP contribution >= 0.6 is 0 Å². The molecular weight excluding hydrogens is 323 g/mol. The van der Waals surface area contributed by atoms with E-state index in [1.807, 2.05) is 0 Å². The van der Waals surface area contributed by atoms with Gasteiger partial charge in [-0.05, 0) is 17.7 Å². The monoisotopic (exact) mass is 335 g/mol. The highest BCUT2D eigenvalue weighted by Crippen LogP contribution is 2.29. The van der Waals surface area contributed by atoms with Crippen LogP contribution in [0.3, 0.4) is 0 Å². The van der Waals surface area contributed by atoms with E-state index in [0.717, 1.165) is 12.1 Å². The number of aliphatic hydroxyl groups excluding tert-OH is 1. The molecule has 1 aromatic carbocycles.